The van der Waals surface area contributed by atoms with Crippen LogP contribution in [0, 0.1) is 0 Å². The first kappa shape index (κ1) is 17.1. The lowest BCUT2D eigenvalue weighted by molar-refractivity contribution is -0.137. The molecule has 1 aliphatic rings. The summed E-state index contributed by atoms with van der Waals surface area (Å²) in [4.78, 5) is 38.6. The van der Waals surface area contributed by atoms with Crippen molar-refractivity contribution in [2.24, 2.45) is 0 Å². The molecule has 0 saturated heterocycles. The quantitative estimate of drug-likeness (QED) is 0.661. The Kier molecular flexibility index (Phi) is 4.27. The van der Waals surface area contributed by atoms with E-state index in [-0.39, 0.29) is 17.7 Å². The number of carboxylic acid groups (broad SMARTS) is 1. The van der Waals surface area contributed by atoms with Gasteiger partial charge in [-0.25, -0.2) is 0 Å². The number of carbonyl (C=O) groups is 2. The second kappa shape index (κ2) is 6.75. The Hall–Kier alpha value is -3.35. The van der Waals surface area contributed by atoms with Gasteiger partial charge >= 0.3 is 5.97 Å². The van der Waals surface area contributed by atoms with Crippen LogP contribution in [0.5, 0.6) is 0 Å². The van der Waals surface area contributed by atoms with Crippen LogP contribution in [0.15, 0.2) is 41.3 Å². The van der Waals surface area contributed by atoms with E-state index in [2.05, 4.69) is 10.3 Å². The van der Waals surface area contributed by atoms with Gasteiger partial charge in [0.15, 0.2) is 0 Å². The van der Waals surface area contributed by atoms with Crippen molar-refractivity contribution < 1.29 is 14.7 Å². The van der Waals surface area contributed by atoms with Crippen LogP contribution in [-0.2, 0) is 24.2 Å². The number of benzene rings is 1. The monoisotopic (exact) mass is 365 g/mol. The number of hydrogen-bond acceptors (Lipinski definition) is 3. The van der Waals surface area contributed by atoms with Gasteiger partial charge < -0.3 is 20.0 Å². The molecule has 2 aromatic heterocycles. The first-order valence-electron chi connectivity index (χ1n) is 8.88. The fourth-order valence-corrected chi connectivity index (χ4v) is 3.60. The zero-order valence-corrected chi connectivity index (χ0v) is 14.6. The second-order valence-electron chi connectivity index (χ2n) is 6.79. The molecular formula is C20H19N3O4. The maximum atomic E-state index is 12.6. The van der Waals surface area contributed by atoms with E-state index in [1.807, 2.05) is 0 Å². The van der Waals surface area contributed by atoms with Crippen LogP contribution < -0.4 is 10.9 Å². The topological polar surface area (TPSA) is 104 Å². The van der Waals surface area contributed by atoms with Gasteiger partial charge in [0.1, 0.15) is 12.1 Å². The van der Waals surface area contributed by atoms with E-state index in [1.54, 1.807) is 41.1 Å². The number of carboxylic acids is 1. The maximum absolute atomic E-state index is 12.6. The molecule has 0 atom stereocenters. The molecule has 0 radical (unpaired) electrons. The Balaban J connectivity index is 1.59. The second-order valence-corrected chi connectivity index (χ2v) is 6.79. The van der Waals surface area contributed by atoms with E-state index < -0.39 is 11.9 Å². The number of carbonyl (C=O) groups excluding carboxylic acids is 1. The fourth-order valence-electron chi connectivity index (χ4n) is 3.60. The highest BCUT2D eigenvalue weighted by Gasteiger charge is 2.17. The number of aliphatic carboxylic acids is 1. The van der Waals surface area contributed by atoms with E-state index in [1.165, 1.54) is 0 Å². The highest BCUT2D eigenvalue weighted by molar-refractivity contribution is 6.05. The van der Waals surface area contributed by atoms with E-state index in [4.69, 9.17) is 5.11 Å². The number of fused-ring (bicyclic) bond motifs is 2. The molecule has 0 fully saturated rings. The predicted molar refractivity (Wildman–Crippen MR) is 101 cm³/mol. The smallest absolute Gasteiger partial charge is 0.323 e. The van der Waals surface area contributed by atoms with Gasteiger partial charge in [-0.05, 0) is 61.6 Å². The Morgan fingerprint density at radius 1 is 1.15 bits per heavy atom. The minimum atomic E-state index is -0.920. The summed E-state index contributed by atoms with van der Waals surface area (Å²) < 4.78 is 1.62. The lowest BCUT2D eigenvalue weighted by Crippen LogP contribution is -2.26. The Morgan fingerprint density at radius 3 is 2.78 bits per heavy atom. The lowest BCUT2D eigenvalue weighted by atomic mass is 9.95. The maximum Gasteiger partial charge on any atom is 0.323 e. The molecule has 1 aromatic carbocycles. The number of hydrogen-bond donors (Lipinski definition) is 3. The van der Waals surface area contributed by atoms with Crippen molar-refractivity contribution in [3.63, 3.8) is 0 Å². The van der Waals surface area contributed by atoms with Crippen molar-refractivity contribution in [2.75, 3.05) is 5.32 Å². The first-order valence-corrected chi connectivity index (χ1v) is 8.88. The highest BCUT2D eigenvalue weighted by Crippen LogP contribution is 2.22. The molecule has 0 saturated carbocycles. The molecule has 1 aliphatic carbocycles. The number of rotatable bonds is 4. The number of aryl methyl sites for hydroxylation is 2. The van der Waals surface area contributed by atoms with Crippen LogP contribution in [-0.4, -0.2) is 26.5 Å². The fraction of sp³-hybridized carbons (Fsp3) is 0.250. The molecule has 138 valence electrons. The zero-order chi connectivity index (χ0) is 19.0. The van der Waals surface area contributed by atoms with Crippen LogP contribution in [0.4, 0.5) is 5.69 Å². The van der Waals surface area contributed by atoms with Crippen LogP contribution in [0.1, 0.15) is 34.5 Å². The summed E-state index contributed by atoms with van der Waals surface area (Å²) in [7, 11) is 0. The number of anilines is 1. The molecular weight excluding hydrogens is 346 g/mol. The Bertz CT molecular complexity index is 1110. The molecule has 0 bridgehead atoms. The first-order chi connectivity index (χ1) is 13.0. The third kappa shape index (κ3) is 3.36. The summed E-state index contributed by atoms with van der Waals surface area (Å²) >= 11 is 0. The summed E-state index contributed by atoms with van der Waals surface area (Å²) in [5.41, 5.74) is 3.02. The van der Waals surface area contributed by atoms with E-state index >= 15 is 0 Å². The third-order valence-corrected chi connectivity index (χ3v) is 4.92. The van der Waals surface area contributed by atoms with Crippen molar-refractivity contribution in [1.29, 1.82) is 0 Å². The molecule has 3 aromatic rings. The van der Waals surface area contributed by atoms with Crippen LogP contribution in [0.3, 0.4) is 0 Å². The summed E-state index contributed by atoms with van der Waals surface area (Å²) in [6, 6.07) is 8.71. The molecule has 1 amide bonds. The summed E-state index contributed by atoms with van der Waals surface area (Å²) in [6.45, 7) is -0.125. The molecule has 0 spiro atoms. The van der Waals surface area contributed by atoms with E-state index in [0.717, 1.165) is 47.8 Å². The number of H-pyrrole nitrogens is 1. The van der Waals surface area contributed by atoms with E-state index in [0.29, 0.717) is 5.69 Å². The molecule has 4 rings (SSSR count). The summed E-state index contributed by atoms with van der Waals surface area (Å²) in [5.74, 6) is -1.37. The Morgan fingerprint density at radius 2 is 1.96 bits per heavy atom. The highest BCUT2D eigenvalue weighted by atomic mass is 16.4. The van der Waals surface area contributed by atoms with Gasteiger partial charge in [-0.3, -0.25) is 14.4 Å². The third-order valence-electron chi connectivity index (χ3n) is 4.92. The largest absolute Gasteiger partial charge is 0.480 e. The molecule has 27 heavy (non-hydrogen) atoms. The molecule has 0 aliphatic heterocycles. The normalized spacial score (nSPS) is 13.3. The number of amides is 1. The van der Waals surface area contributed by atoms with Crippen molar-refractivity contribution in [3.8, 4) is 0 Å². The van der Waals surface area contributed by atoms with Crippen LogP contribution in [0.2, 0.25) is 0 Å². The SMILES string of the molecule is O=C(O)Cn1ccc2cc(NC(=O)c3cc4c([nH]c3=O)CCCC4)ccc21. The average molecular weight is 365 g/mol. The van der Waals surface area contributed by atoms with Crippen molar-refractivity contribution in [2.45, 2.75) is 32.2 Å². The molecule has 2 heterocycles. The number of nitrogens with zero attached hydrogens (tertiary/aromatic N) is 1. The number of aromatic nitrogens is 2. The van der Waals surface area contributed by atoms with E-state index in [9.17, 15) is 14.4 Å². The molecule has 7 heteroatoms. The van der Waals surface area contributed by atoms with Gasteiger partial charge in [-0.2, -0.15) is 0 Å². The van der Waals surface area contributed by atoms with Gasteiger partial charge in [0, 0.05) is 28.5 Å². The summed E-state index contributed by atoms with van der Waals surface area (Å²) in [6.07, 6.45) is 5.52. The molecule has 3 N–H and O–H groups in total. The van der Waals surface area contributed by atoms with Gasteiger partial charge in [0.05, 0.1) is 0 Å². The van der Waals surface area contributed by atoms with Crippen LogP contribution >= 0.6 is 0 Å². The minimum Gasteiger partial charge on any atom is -0.480 e. The van der Waals surface area contributed by atoms with Gasteiger partial charge in [0.25, 0.3) is 11.5 Å². The lowest BCUT2D eigenvalue weighted by Gasteiger charge is -2.16. The predicted octanol–water partition coefficient (Wildman–Crippen LogP) is 2.55. The summed E-state index contributed by atoms with van der Waals surface area (Å²) in [5, 5.41) is 12.5. The van der Waals surface area contributed by atoms with Crippen molar-refractivity contribution in [3.05, 3.63) is 63.7 Å². The zero-order valence-electron chi connectivity index (χ0n) is 14.6. The van der Waals surface area contributed by atoms with Gasteiger partial charge in [-0.15, -0.1) is 0 Å². The van der Waals surface area contributed by atoms with Crippen molar-refractivity contribution >= 4 is 28.5 Å². The van der Waals surface area contributed by atoms with Crippen molar-refractivity contribution in [1.82, 2.24) is 9.55 Å². The standard InChI is InChI=1S/C20H19N3O4/c24-18(25)11-23-8-7-13-9-14(5-6-17(13)23)21-19(26)15-10-12-3-1-2-4-16(12)22-20(15)27/h5-10H,1-4,11H2,(H,21,26)(H,22,27)(H,24,25). The van der Waals surface area contributed by atoms with Gasteiger partial charge in [0.2, 0.25) is 0 Å². The average Bonchev–Trinajstić information content (AvgIpc) is 3.02. The number of aromatic amines is 1. The number of nitrogens with one attached hydrogen (secondary N) is 2. The minimum absolute atomic E-state index is 0.110. The van der Waals surface area contributed by atoms with Crippen LogP contribution in [0.25, 0.3) is 10.9 Å². The number of pyridine rings is 1. The molecule has 0 unspecified atom stereocenters. The molecule has 7 nitrogen and oxygen atoms in total. The van der Waals surface area contributed by atoms with Gasteiger partial charge in [-0.1, -0.05) is 0 Å². The Labute approximate surface area is 154 Å².